The largest absolute Gasteiger partial charge is 0.493 e. The average molecular weight is 314 g/mol. The van der Waals surface area contributed by atoms with Crippen LogP contribution in [0.3, 0.4) is 0 Å². The van der Waals surface area contributed by atoms with Gasteiger partial charge in [0.25, 0.3) is 0 Å². The van der Waals surface area contributed by atoms with Crippen LogP contribution in [0.15, 0.2) is 36.4 Å². The molecule has 3 heteroatoms. The van der Waals surface area contributed by atoms with Crippen LogP contribution in [0.2, 0.25) is 0 Å². The first-order valence-corrected chi connectivity index (χ1v) is 8.13. The number of methoxy groups -OCH3 is 1. The van der Waals surface area contributed by atoms with Gasteiger partial charge in [0.1, 0.15) is 5.75 Å². The zero-order valence-electron chi connectivity index (χ0n) is 14.5. The molecule has 0 radical (unpaired) electrons. The molecule has 23 heavy (non-hydrogen) atoms. The van der Waals surface area contributed by atoms with Crippen molar-refractivity contribution < 1.29 is 14.2 Å². The highest BCUT2D eigenvalue weighted by molar-refractivity contribution is 5.43. The van der Waals surface area contributed by atoms with Crippen molar-refractivity contribution in [3.05, 3.63) is 53.1 Å². The third kappa shape index (κ3) is 4.92. The van der Waals surface area contributed by atoms with Gasteiger partial charge in [0.2, 0.25) is 0 Å². The van der Waals surface area contributed by atoms with E-state index >= 15 is 0 Å². The fraction of sp³-hybridized carbons (Fsp3) is 0.400. The fourth-order valence-corrected chi connectivity index (χ4v) is 2.44. The van der Waals surface area contributed by atoms with Crippen molar-refractivity contribution in [2.75, 3.05) is 20.3 Å². The Morgan fingerprint density at radius 3 is 2.17 bits per heavy atom. The third-order valence-electron chi connectivity index (χ3n) is 3.77. The van der Waals surface area contributed by atoms with Crippen LogP contribution in [0.25, 0.3) is 0 Å². The highest BCUT2D eigenvalue weighted by Gasteiger charge is 2.05. The van der Waals surface area contributed by atoms with E-state index in [1.165, 1.54) is 16.7 Å². The lowest BCUT2D eigenvalue weighted by Gasteiger charge is -2.13. The molecule has 0 aromatic heterocycles. The average Bonchev–Trinajstić information content (AvgIpc) is 2.56. The quantitative estimate of drug-likeness (QED) is 0.660. The summed E-state index contributed by atoms with van der Waals surface area (Å²) in [5.41, 5.74) is 3.66. The van der Waals surface area contributed by atoms with E-state index in [1.54, 1.807) is 7.11 Å². The molecule has 0 aliphatic carbocycles. The maximum atomic E-state index is 5.81. The van der Waals surface area contributed by atoms with Crippen LogP contribution >= 0.6 is 0 Å². The van der Waals surface area contributed by atoms with Gasteiger partial charge in [-0.3, -0.25) is 0 Å². The summed E-state index contributed by atoms with van der Waals surface area (Å²) in [5, 5.41) is 0. The Labute approximate surface area is 139 Å². The second kappa shape index (κ2) is 8.47. The van der Waals surface area contributed by atoms with Gasteiger partial charge in [-0.25, -0.2) is 0 Å². The highest BCUT2D eigenvalue weighted by atomic mass is 16.5. The maximum absolute atomic E-state index is 5.81. The van der Waals surface area contributed by atoms with E-state index < -0.39 is 0 Å². The van der Waals surface area contributed by atoms with Crippen molar-refractivity contribution >= 4 is 0 Å². The summed E-state index contributed by atoms with van der Waals surface area (Å²) >= 11 is 0. The molecule has 0 amide bonds. The molecule has 2 rings (SSSR count). The van der Waals surface area contributed by atoms with Crippen LogP contribution in [-0.2, 0) is 6.42 Å². The van der Waals surface area contributed by atoms with Crippen LogP contribution < -0.4 is 14.2 Å². The lowest BCUT2D eigenvalue weighted by atomic mass is 10.1. The van der Waals surface area contributed by atoms with E-state index in [-0.39, 0.29) is 0 Å². The Morgan fingerprint density at radius 1 is 0.826 bits per heavy atom. The molecule has 0 saturated heterocycles. The van der Waals surface area contributed by atoms with Gasteiger partial charge in [0.15, 0.2) is 11.5 Å². The van der Waals surface area contributed by atoms with Gasteiger partial charge in [-0.05, 0) is 49.6 Å². The Kier molecular flexibility index (Phi) is 6.33. The highest BCUT2D eigenvalue weighted by Crippen LogP contribution is 2.28. The summed E-state index contributed by atoms with van der Waals surface area (Å²) in [6.45, 7) is 7.52. The molecule has 3 nitrogen and oxygen atoms in total. The van der Waals surface area contributed by atoms with E-state index in [0.717, 1.165) is 30.1 Å². The Morgan fingerprint density at radius 2 is 1.52 bits per heavy atom. The van der Waals surface area contributed by atoms with Crippen molar-refractivity contribution in [2.24, 2.45) is 0 Å². The molecular weight excluding hydrogens is 288 g/mol. The molecule has 0 atom stereocenters. The predicted octanol–water partition coefficient (Wildman–Crippen LogP) is 4.72. The maximum Gasteiger partial charge on any atom is 0.161 e. The summed E-state index contributed by atoms with van der Waals surface area (Å²) in [5.74, 6) is 2.52. The standard InChI is InChI=1S/C20H26O3/c1-5-17-8-10-19(20(14-17)21-4)23-12-6-11-22-18-9-7-15(2)13-16(18)3/h7-10,13-14H,5-6,11-12H2,1-4H3. The second-order valence-corrected chi connectivity index (χ2v) is 5.66. The van der Waals surface area contributed by atoms with Crippen molar-refractivity contribution in [3.63, 3.8) is 0 Å². The SMILES string of the molecule is CCc1ccc(OCCCOc2ccc(C)cc2C)c(OC)c1. The lowest BCUT2D eigenvalue weighted by molar-refractivity contribution is 0.239. The Hall–Kier alpha value is -2.16. The molecule has 0 saturated carbocycles. The molecule has 124 valence electrons. The number of rotatable bonds is 8. The molecule has 0 heterocycles. The summed E-state index contributed by atoms with van der Waals surface area (Å²) in [7, 11) is 1.67. The van der Waals surface area contributed by atoms with Gasteiger partial charge in [0.05, 0.1) is 20.3 Å². The molecule has 0 N–H and O–H groups in total. The summed E-state index contributed by atoms with van der Waals surface area (Å²) in [6, 6.07) is 12.3. The number of hydrogen-bond acceptors (Lipinski definition) is 3. The van der Waals surface area contributed by atoms with Crippen molar-refractivity contribution in [3.8, 4) is 17.2 Å². The summed E-state index contributed by atoms with van der Waals surface area (Å²) in [4.78, 5) is 0. The van der Waals surface area contributed by atoms with Crippen molar-refractivity contribution in [1.82, 2.24) is 0 Å². The van der Waals surface area contributed by atoms with Crippen molar-refractivity contribution in [2.45, 2.75) is 33.6 Å². The topological polar surface area (TPSA) is 27.7 Å². The minimum atomic E-state index is 0.604. The van der Waals surface area contributed by atoms with Gasteiger partial charge in [-0.2, -0.15) is 0 Å². The van der Waals surface area contributed by atoms with Crippen LogP contribution in [0.1, 0.15) is 30.0 Å². The Bertz CT molecular complexity index is 635. The Balaban J connectivity index is 1.79. The van der Waals surface area contributed by atoms with E-state index in [1.807, 2.05) is 18.2 Å². The van der Waals surface area contributed by atoms with E-state index in [2.05, 4.69) is 39.0 Å². The first-order chi connectivity index (χ1) is 11.1. The third-order valence-corrected chi connectivity index (χ3v) is 3.77. The van der Waals surface area contributed by atoms with Crippen molar-refractivity contribution in [1.29, 1.82) is 0 Å². The molecule has 0 spiro atoms. The number of aryl methyl sites for hydroxylation is 3. The fourth-order valence-electron chi connectivity index (χ4n) is 2.44. The van der Waals surface area contributed by atoms with Crippen LogP contribution in [0.5, 0.6) is 17.2 Å². The lowest BCUT2D eigenvalue weighted by Crippen LogP contribution is -2.06. The number of ether oxygens (including phenoxy) is 3. The van der Waals surface area contributed by atoms with Crippen LogP contribution in [-0.4, -0.2) is 20.3 Å². The van der Waals surface area contributed by atoms with Crippen LogP contribution in [0, 0.1) is 13.8 Å². The minimum absolute atomic E-state index is 0.604. The first kappa shape index (κ1) is 17.2. The monoisotopic (exact) mass is 314 g/mol. The smallest absolute Gasteiger partial charge is 0.161 e. The molecule has 0 unspecified atom stereocenters. The van der Waals surface area contributed by atoms with Crippen LogP contribution in [0.4, 0.5) is 0 Å². The molecule has 0 aliphatic rings. The molecule has 0 bridgehead atoms. The normalized spacial score (nSPS) is 10.4. The second-order valence-electron chi connectivity index (χ2n) is 5.66. The first-order valence-electron chi connectivity index (χ1n) is 8.13. The minimum Gasteiger partial charge on any atom is -0.493 e. The van der Waals surface area contributed by atoms with E-state index in [0.29, 0.717) is 13.2 Å². The number of benzene rings is 2. The molecule has 2 aromatic carbocycles. The van der Waals surface area contributed by atoms with Gasteiger partial charge in [-0.1, -0.05) is 30.7 Å². The van der Waals surface area contributed by atoms with Gasteiger partial charge < -0.3 is 14.2 Å². The van der Waals surface area contributed by atoms with E-state index in [9.17, 15) is 0 Å². The van der Waals surface area contributed by atoms with Gasteiger partial charge in [-0.15, -0.1) is 0 Å². The van der Waals surface area contributed by atoms with E-state index in [4.69, 9.17) is 14.2 Å². The molecule has 0 fully saturated rings. The zero-order chi connectivity index (χ0) is 16.7. The number of hydrogen-bond donors (Lipinski definition) is 0. The summed E-state index contributed by atoms with van der Waals surface area (Å²) in [6.07, 6.45) is 1.81. The van der Waals surface area contributed by atoms with Gasteiger partial charge in [0, 0.05) is 6.42 Å². The van der Waals surface area contributed by atoms with Gasteiger partial charge >= 0.3 is 0 Å². The predicted molar refractivity (Wildman–Crippen MR) is 93.9 cm³/mol. The molecular formula is C20H26O3. The molecule has 2 aromatic rings. The summed E-state index contributed by atoms with van der Waals surface area (Å²) < 4.78 is 17.0. The molecule has 0 aliphatic heterocycles. The zero-order valence-corrected chi connectivity index (χ0v) is 14.5.